The highest BCUT2D eigenvalue weighted by Crippen LogP contribution is 2.33. The molecule has 1 aliphatic heterocycles. The van der Waals surface area contributed by atoms with E-state index in [0.717, 1.165) is 29.7 Å². The molecule has 5 nitrogen and oxygen atoms in total. The maximum atomic E-state index is 14.2. The van der Waals surface area contributed by atoms with Crippen LogP contribution in [0.2, 0.25) is 0 Å². The molecule has 0 amide bonds. The fraction of sp³-hybridized carbons (Fsp3) is 0.409. The Morgan fingerprint density at radius 1 is 1.18 bits per heavy atom. The van der Waals surface area contributed by atoms with Crippen LogP contribution >= 0.6 is 0 Å². The molecule has 6 heteroatoms. The maximum absolute atomic E-state index is 14.2. The molecule has 3 heterocycles. The zero-order chi connectivity index (χ0) is 20.3. The zero-order valence-corrected chi connectivity index (χ0v) is 16.9. The van der Waals surface area contributed by atoms with Gasteiger partial charge in [0.15, 0.2) is 5.65 Å². The summed E-state index contributed by atoms with van der Waals surface area (Å²) in [4.78, 5) is 26.0. The third-order valence-electron chi connectivity index (χ3n) is 5.17. The van der Waals surface area contributed by atoms with Crippen molar-refractivity contribution in [2.45, 2.75) is 46.5 Å². The minimum atomic E-state index is -0.155. The average Bonchev–Trinajstić information content (AvgIpc) is 2.69. The lowest BCUT2D eigenvalue weighted by Crippen LogP contribution is -2.36. The number of H-pyrrole nitrogens is 1. The zero-order valence-electron chi connectivity index (χ0n) is 16.9. The van der Waals surface area contributed by atoms with Gasteiger partial charge >= 0.3 is 0 Å². The third-order valence-corrected chi connectivity index (χ3v) is 5.17. The lowest BCUT2D eigenvalue weighted by molar-refractivity contribution is 0.479. The van der Waals surface area contributed by atoms with E-state index in [1.807, 2.05) is 33.8 Å². The van der Waals surface area contributed by atoms with Gasteiger partial charge in [-0.05, 0) is 55.9 Å². The minimum Gasteiger partial charge on any atom is -0.367 e. The fourth-order valence-corrected chi connectivity index (χ4v) is 3.86. The Kier molecular flexibility index (Phi) is 6.07. The molecule has 0 aliphatic carbocycles. The van der Waals surface area contributed by atoms with Gasteiger partial charge in [-0.25, -0.2) is 9.37 Å². The van der Waals surface area contributed by atoms with E-state index in [-0.39, 0.29) is 17.3 Å². The van der Waals surface area contributed by atoms with Crippen molar-refractivity contribution < 1.29 is 4.39 Å². The number of hydrogen-bond donors (Lipinski definition) is 1. The molecular formula is C22H27FN4O. The molecule has 1 saturated heterocycles. The van der Waals surface area contributed by atoms with Crippen molar-refractivity contribution in [3.63, 3.8) is 0 Å². The number of fused-ring (bicyclic) bond motifs is 1. The van der Waals surface area contributed by atoms with Crippen molar-refractivity contribution in [1.29, 1.82) is 0 Å². The first kappa shape index (κ1) is 20.0. The quantitative estimate of drug-likeness (QED) is 0.710. The summed E-state index contributed by atoms with van der Waals surface area (Å²) < 4.78 is 14.2. The van der Waals surface area contributed by atoms with Gasteiger partial charge in [0.25, 0.3) is 5.56 Å². The molecular weight excluding hydrogens is 355 g/mol. The highest BCUT2D eigenvalue weighted by molar-refractivity contribution is 5.74. The van der Waals surface area contributed by atoms with Gasteiger partial charge in [0, 0.05) is 19.3 Å². The number of piperidine rings is 1. The third kappa shape index (κ3) is 3.91. The van der Waals surface area contributed by atoms with E-state index in [9.17, 15) is 9.18 Å². The Labute approximate surface area is 164 Å². The summed E-state index contributed by atoms with van der Waals surface area (Å²) in [5, 5.41) is 0. The van der Waals surface area contributed by atoms with Crippen molar-refractivity contribution in [2.24, 2.45) is 0 Å². The van der Waals surface area contributed by atoms with Gasteiger partial charge in [0.2, 0.25) is 0 Å². The van der Waals surface area contributed by atoms with Crippen LogP contribution in [0.4, 0.5) is 10.1 Å². The minimum absolute atomic E-state index is 0.127. The lowest BCUT2D eigenvalue weighted by Gasteiger charge is -2.34. The molecule has 0 spiro atoms. The number of aromatic amines is 1. The summed E-state index contributed by atoms with van der Waals surface area (Å²) in [7, 11) is 0. The van der Waals surface area contributed by atoms with Crippen LogP contribution in [0.25, 0.3) is 11.2 Å². The molecule has 1 N–H and O–H groups in total. The highest BCUT2D eigenvalue weighted by atomic mass is 19.1. The van der Waals surface area contributed by atoms with E-state index in [2.05, 4.69) is 19.9 Å². The first-order valence-corrected chi connectivity index (χ1v) is 9.89. The van der Waals surface area contributed by atoms with Crippen molar-refractivity contribution >= 4 is 16.9 Å². The molecule has 1 aliphatic rings. The molecule has 0 atom stereocenters. The second-order valence-corrected chi connectivity index (χ2v) is 6.96. The van der Waals surface area contributed by atoms with Crippen LogP contribution < -0.4 is 10.5 Å². The van der Waals surface area contributed by atoms with Crippen LogP contribution in [-0.4, -0.2) is 28.0 Å². The fourth-order valence-electron chi connectivity index (χ4n) is 3.86. The van der Waals surface area contributed by atoms with E-state index >= 15 is 0 Å². The summed E-state index contributed by atoms with van der Waals surface area (Å²) in [6.07, 6.45) is 3.33. The van der Waals surface area contributed by atoms with Gasteiger partial charge in [0.1, 0.15) is 17.0 Å². The number of rotatable bonds is 2. The monoisotopic (exact) mass is 382 g/mol. The first-order valence-electron chi connectivity index (χ1n) is 9.89. The van der Waals surface area contributed by atoms with E-state index in [1.54, 1.807) is 18.3 Å². The van der Waals surface area contributed by atoms with Crippen molar-refractivity contribution in [3.05, 3.63) is 63.5 Å². The molecule has 4 rings (SSSR count). The highest BCUT2D eigenvalue weighted by Gasteiger charge is 2.25. The molecule has 3 aromatic rings. The normalized spacial score (nSPS) is 14.7. The van der Waals surface area contributed by atoms with Crippen molar-refractivity contribution in [3.8, 4) is 0 Å². The average molecular weight is 382 g/mol. The molecule has 0 radical (unpaired) electrons. The lowest BCUT2D eigenvalue weighted by atomic mass is 9.86. The number of aryl methyl sites for hydroxylation is 2. The number of anilines is 1. The second-order valence-electron chi connectivity index (χ2n) is 6.96. The molecule has 1 aromatic carbocycles. The van der Waals surface area contributed by atoms with Gasteiger partial charge < -0.3 is 9.88 Å². The van der Waals surface area contributed by atoms with E-state index in [0.29, 0.717) is 29.9 Å². The summed E-state index contributed by atoms with van der Waals surface area (Å²) in [6.45, 7) is 9.23. The maximum Gasteiger partial charge on any atom is 0.273 e. The number of nitrogens with zero attached hydrogens (tertiary/aromatic N) is 3. The van der Waals surface area contributed by atoms with Crippen molar-refractivity contribution in [1.82, 2.24) is 15.0 Å². The van der Waals surface area contributed by atoms with Crippen LogP contribution in [0.5, 0.6) is 0 Å². The molecule has 1 fully saturated rings. The van der Waals surface area contributed by atoms with E-state index < -0.39 is 0 Å². The van der Waals surface area contributed by atoms with Gasteiger partial charge in [-0.1, -0.05) is 26.0 Å². The summed E-state index contributed by atoms with van der Waals surface area (Å²) in [6, 6.07) is 7.04. The SMILES string of the molecule is CC.Cc1cnc2cc(N3CCC(c4c(C)cccc4F)CC3)c(=O)[nH]c2n1. The first-order chi connectivity index (χ1) is 13.5. The number of halogens is 1. The topological polar surface area (TPSA) is 61.9 Å². The van der Waals surface area contributed by atoms with E-state index in [4.69, 9.17) is 0 Å². The number of aromatic nitrogens is 3. The Hall–Kier alpha value is -2.76. The summed E-state index contributed by atoms with van der Waals surface area (Å²) in [5.41, 5.74) is 4.23. The van der Waals surface area contributed by atoms with Crippen LogP contribution in [0.1, 0.15) is 49.4 Å². The summed E-state index contributed by atoms with van der Waals surface area (Å²) >= 11 is 0. The van der Waals surface area contributed by atoms with Crippen LogP contribution in [0.15, 0.2) is 35.3 Å². The Morgan fingerprint density at radius 2 is 1.89 bits per heavy atom. The smallest absolute Gasteiger partial charge is 0.273 e. The van der Waals surface area contributed by atoms with Gasteiger partial charge in [0.05, 0.1) is 5.69 Å². The van der Waals surface area contributed by atoms with Crippen molar-refractivity contribution in [2.75, 3.05) is 18.0 Å². The molecule has 28 heavy (non-hydrogen) atoms. The van der Waals surface area contributed by atoms with Gasteiger partial charge in [-0.3, -0.25) is 9.78 Å². The second kappa shape index (κ2) is 8.50. The Bertz CT molecular complexity index is 1000. The largest absolute Gasteiger partial charge is 0.367 e. The van der Waals surface area contributed by atoms with Gasteiger partial charge in [-0.2, -0.15) is 0 Å². The Morgan fingerprint density at radius 3 is 2.57 bits per heavy atom. The number of pyridine rings is 1. The summed E-state index contributed by atoms with van der Waals surface area (Å²) in [5.74, 6) is 0.0621. The molecule has 0 bridgehead atoms. The predicted molar refractivity (Wildman–Crippen MR) is 112 cm³/mol. The standard InChI is InChI=1S/C20H21FN4O.C2H6/c1-12-4-3-5-15(21)18(12)14-6-8-25(9-7-14)17-10-16-19(24-20(17)26)23-13(2)11-22-16;1-2/h3-5,10-11,14H,6-9H2,1-2H3,(H,23,24,26);1-2H3. The van der Waals surface area contributed by atoms with Crippen LogP contribution in [0, 0.1) is 19.7 Å². The number of benzene rings is 1. The van der Waals surface area contributed by atoms with Crippen LogP contribution in [-0.2, 0) is 0 Å². The molecule has 0 unspecified atom stereocenters. The number of nitrogens with one attached hydrogen (secondary N) is 1. The predicted octanol–water partition coefficient (Wildman–Crippen LogP) is 4.48. The van der Waals surface area contributed by atoms with Gasteiger partial charge in [-0.15, -0.1) is 0 Å². The Balaban J connectivity index is 0.00000109. The molecule has 2 aromatic heterocycles. The molecule has 0 saturated carbocycles. The van der Waals surface area contributed by atoms with E-state index in [1.165, 1.54) is 6.07 Å². The molecule has 148 valence electrons. The number of hydrogen-bond acceptors (Lipinski definition) is 4. The van der Waals surface area contributed by atoms with Crippen LogP contribution in [0.3, 0.4) is 0 Å².